The molecule has 1 aliphatic rings. The van der Waals surface area contributed by atoms with Gasteiger partial charge in [-0.15, -0.1) is 15.3 Å². The van der Waals surface area contributed by atoms with Crippen LogP contribution in [0, 0.1) is 0 Å². The molecule has 1 aliphatic heterocycles. The Labute approximate surface area is 138 Å². The summed E-state index contributed by atoms with van der Waals surface area (Å²) in [5.74, 6) is -0.720. The predicted octanol–water partition coefficient (Wildman–Crippen LogP) is 2.82. The Morgan fingerprint density at radius 3 is 2.83 bits per heavy atom. The van der Waals surface area contributed by atoms with Gasteiger partial charge in [0.2, 0.25) is 0 Å². The summed E-state index contributed by atoms with van der Waals surface area (Å²) in [6.07, 6.45) is 0.109. The number of piperidine rings is 1. The number of aromatic nitrogens is 4. The predicted molar refractivity (Wildman–Crippen MR) is 83.8 cm³/mol. The SMILES string of the molecule is C[C@@H]1CCCCN1CCCNc1ccc2nnc(C(F)(F)F)n2n1. The first-order valence-corrected chi connectivity index (χ1v) is 8.23. The van der Waals surface area contributed by atoms with Gasteiger partial charge in [0.1, 0.15) is 5.82 Å². The number of hydrogen-bond acceptors (Lipinski definition) is 5. The van der Waals surface area contributed by atoms with Crippen molar-refractivity contribution >= 4 is 11.5 Å². The Bertz CT molecular complexity index is 683. The van der Waals surface area contributed by atoms with E-state index in [0.717, 1.165) is 24.0 Å². The van der Waals surface area contributed by atoms with Crippen molar-refractivity contribution in [2.45, 2.75) is 44.8 Å². The molecule has 0 bridgehead atoms. The van der Waals surface area contributed by atoms with Crippen LogP contribution in [0.1, 0.15) is 38.4 Å². The van der Waals surface area contributed by atoms with Crippen LogP contribution in [0.4, 0.5) is 19.0 Å². The highest BCUT2D eigenvalue weighted by Crippen LogP contribution is 2.27. The second kappa shape index (κ2) is 6.92. The quantitative estimate of drug-likeness (QED) is 0.847. The molecular formula is C15H21F3N6. The second-order valence-electron chi connectivity index (χ2n) is 6.17. The molecule has 0 saturated carbocycles. The van der Waals surface area contributed by atoms with Crippen LogP contribution in [-0.2, 0) is 6.18 Å². The standard InChI is InChI=1S/C15H21F3N6/c1-11-5-2-3-9-23(11)10-4-8-19-12-6-7-13-20-21-14(15(16,17)18)24(13)22-12/h6-7,11H,2-5,8-10H2,1H3,(H,19,22)/t11-/m1/s1. The molecule has 0 aromatic carbocycles. The molecule has 0 amide bonds. The lowest BCUT2D eigenvalue weighted by Crippen LogP contribution is -2.38. The zero-order valence-electron chi connectivity index (χ0n) is 13.6. The lowest BCUT2D eigenvalue weighted by Gasteiger charge is -2.33. The highest BCUT2D eigenvalue weighted by Gasteiger charge is 2.37. The molecule has 1 fully saturated rings. The minimum atomic E-state index is -4.57. The fraction of sp³-hybridized carbons (Fsp3) is 0.667. The van der Waals surface area contributed by atoms with Crippen LogP contribution in [-0.4, -0.2) is 50.4 Å². The molecule has 1 N–H and O–H groups in total. The zero-order valence-corrected chi connectivity index (χ0v) is 13.6. The van der Waals surface area contributed by atoms with Gasteiger partial charge in [0.25, 0.3) is 5.82 Å². The number of fused-ring (bicyclic) bond motifs is 1. The van der Waals surface area contributed by atoms with Gasteiger partial charge in [0, 0.05) is 19.1 Å². The third kappa shape index (κ3) is 3.77. The van der Waals surface area contributed by atoms with E-state index >= 15 is 0 Å². The second-order valence-corrected chi connectivity index (χ2v) is 6.17. The number of hydrogen-bond donors (Lipinski definition) is 1. The van der Waals surface area contributed by atoms with Crippen molar-refractivity contribution in [3.63, 3.8) is 0 Å². The third-order valence-electron chi connectivity index (χ3n) is 4.39. The number of halogens is 3. The molecule has 1 saturated heterocycles. The molecule has 3 rings (SSSR count). The van der Waals surface area contributed by atoms with Gasteiger partial charge < -0.3 is 10.2 Å². The molecule has 1 atom stereocenters. The number of nitrogens with zero attached hydrogens (tertiary/aromatic N) is 5. The first-order chi connectivity index (χ1) is 11.4. The molecule has 0 unspecified atom stereocenters. The van der Waals surface area contributed by atoms with Gasteiger partial charge in [-0.2, -0.15) is 17.7 Å². The Morgan fingerprint density at radius 2 is 2.08 bits per heavy atom. The molecule has 24 heavy (non-hydrogen) atoms. The summed E-state index contributed by atoms with van der Waals surface area (Å²) in [7, 11) is 0. The largest absolute Gasteiger partial charge is 0.453 e. The van der Waals surface area contributed by atoms with Gasteiger partial charge in [0.15, 0.2) is 5.65 Å². The van der Waals surface area contributed by atoms with E-state index in [4.69, 9.17) is 0 Å². The zero-order chi connectivity index (χ0) is 17.2. The van der Waals surface area contributed by atoms with E-state index in [9.17, 15) is 13.2 Å². The molecule has 0 spiro atoms. The summed E-state index contributed by atoms with van der Waals surface area (Å²) in [5, 5.41) is 13.7. The summed E-state index contributed by atoms with van der Waals surface area (Å²) in [6, 6.07) is 3.71. The lowest BCUT2D eigenvalue weighted by molar-refractivity contribution is -0.146. The molecule has 132 valence electrons. The van der Waals surface area contributed by atoms with Gasteiger partial charge in [-0.3, -0.25) is 0 Å². The molecule has 0 aliphatic carbocycles. The average molecular weight is 342 g/mol. The number of nitrogens with one attached hydrogen (secondary N) is 1. The van der Waals surface area contributed by atoms with Crippen molar-refractivity contribution < 1.29 is 13.2 Å². The lowest BCUT2D eigenvalue weighted by atomic mass is 10.0. The van der Waals surface area contributed by atoms with Gasteiger partial charge in [-0.1, -0.05) is 6.42 Å². The first kappa shape index (κ1) is 16.9. The van der Waals surface area contributed by atoms with Crippen LogP contribution < -0.4 is 5.32 Å². The van der Waals surface area contributed by atoms with Crippen molar-refractivity contribution in [3.05, 3.63) is 18.0 Å². The van der Waals surface area contributed by atoms with E-state index in [1.807, 2.05) is 0 Å². The fourth-order valence-electron chi connectivity index (χ4n) is 3.05. The molecule has 3 heterocycles. The van der Waals surface area contributed by atoms with Crippen molar-refractivity contribution in [1.29, 1.82) is 0 Å². The van der Waals surface area contributed by atoms with Crippen LogP contribution in [0.2, 0.25) is 0 Å². The van der Waals surface area contributed by atoms with Crippen LogP contribution in [0.25, 0.3) is 5.65 Å². The maximum atomic E-state index is 12.8. The Balaban J connectivity index is 1.57. The van der Waals surface area contributed by atoms with Crippen LogP contribution >= 0.6 is 0 Å². The van der Waals surface area contributed by atoms with Crippen LogP contribution in [0.5, 0.6) is 0 Å². The molecule has 2 aromatic rings. The van der Waals surface area contributed by atoms with E-state index in [1.165, 1.54) is 25.3 Å². The minimum Gasteiger partial charge on any atom is -0.369 e. The number of anilines is 1. The highest BCUT2D eigenvalue weighted by molar-refractivity contribution is 5.44. The van der Waals surface area contributed by atoms with E-state index in [2.05, 4.69) is 32.4 Å². The summed E-state index contributed by atoms with van der Waals surface area (Å²) in [6.45, 7) is 5.01. The van der Waals surface area contributed by atoms with Crippen molar-refractivity contribution in [3.8, 4) is 0 Å². The fourth-order valence-corrected chi connectivity index (χ4v) is 3.05. The number of rotatable bonds is 5. The summed E-state index contributed by atoms with van der Waals surface area (Å²) >= 11 is 0. The van der Waals surface area contributed by atoms with Gasteiger partial charge >= 0.3 is 6.18 Å². The van der Waals surface area contributed by atoms with Crippen molar-refractivity contribution in [1.82, 2.24) is 24.7 Å². The minimum absolute atomic E-state index is 0.0787. The Hall–Kier alpha value is -1.90. The summed E-state index contributed by atoms with van der Waals surface area (Å²) < 4.78 is 39.3. The Kier molecular flexibility index (Phi) is 4.88. The van der Waals surface area contributed by atoms with E-state index < -0.39 is 12.0 Å². The van der Waals surface area contributed by atoms with Crippen LogP contribution in [0.3, 0.4) is 0 Å². The first-order valence-electron chi connectivity index (χ1n) is 8.23. The molecule has 0 radical (unpaired) electrons. The van der Waals surface area contributed by atoms with E-state index in [-0.39, 0.29) is 5.65 Å². The smallest absolute Gasteiger partial charge is 0.369 e. The van der Waals surface area contributed by atoms with Crippen molar-refractivity contribution in [2.75, 3.05) is 25.0 Å². The maximum absolute atomic E-state index is 12.8. The van der Waals surface area contributed by atoms with Gasteiger partial charge in [-0.05, 0) is 44.9 Å². The van der Waals surface area contributed by atoms with Crippen LogP contribution in [0.15, 0.2) is 12.1 Å². The third-order valence-corrected chi connectivity index (χ3v) is 4.39. The van der Waals surface area contributed by atoms with Crippen molar-refractivity contribution in [2.24, 2.45) is 0 Å². The molecule has 9 heteroatoms. The highest BCUT2D eigenvalue weighted by atomic mass is 19.4. The molecule has 2 aromatic heterocycles. The van der Waals surface area contributed by atoms with E-state index in [0.29, 0.717) is 18.4 Å². The number of alkyl halides is 3. The maximum Gasteiger partial charge on any atom is 0.453 e. The monoisotopic (exact) mass is 342 g/mol. The van der Waals surface area contributed by atoms with Gasteiger partial charge in [0.05, 0.1) is 0 Å². The molecular weight excluding hydrogens is 321 g/mol. The summed E-state index contributed by atoms with van der Waals surface area (Å²) in [5.41, 5.74) is 0.0787. The number of likely N-dealkylation sites (tertiary alicyclic amines) is 1. The van der Waals surface area contributed by atoms with E-state index in [1.54, 1.807) is 6.07 Å². The summed E-state index contributed by atoms with van der Waals surface area (Å²) in [4.78, 5) is 2.46. The average Bonchev–Trinajstić information content (AvgIpc) is 2.96. The molecule has 6 nitrogen and oxygen atoms in total. The normalized spacial score (nSPS) is 19.8. The topological polar surface area (TPSA) is 58.3 Å². The van der Waals surface area contributed by atoms with Gasteiger partial charge in [-0.25, -0.2) is 0 Å². The Morgan fingerprint density at radius 1 is 1.25 bits per heavy atom.